The van der Waals surface area contributed by atoms with Gasteiger partial charge in [-0.1, -0.05) is 30.3 Å². The van der Waals surface area contributed by atoms with Crippen molar-refractivity contribution in [3.63, 3.8) is 0 Å². The van der Waals surface area contributed by atoms with Crippen molar-refractivity contribution < 1.29 is 18.2 Å². The largest absolute Gasteiger partial charge is 0.340 e. The maximum absolute atomic E-state index is 13.0. The van der Waals surface area contributed by atoms with Crippen LogP contribution >= 0.6 is 11.3 Å². The first-order valence-electron chi connectivity index (χ1n) is 8.60. The molecule has 3 aromatic rings. The first-order valence-corrected chi connectivity index (χ1v) is 11.2. The molecule has 150 valence electrons. The molecule has 0 aliphatic carbocycles. The molecule has 1 heterocycles. The highest BCUT2D eigenvalue weighted by Crippen LogP contribution is 2.25. The Morgan fingerprint density at radius 1 is 1.10 bits per heavy atom. The molecule has 2 aromatic carbocycles. The van der Waals surface area contributed by atoms with Gasteiger partial charge in [0.1, 0.15) is 5.82 Å². The van der Waals surface area contributed by atoms with Gasteiger partial charge in [0, 0.05) is 33.8 Å². The third kappa shape index (κ3) is 5.78. The van der Waals surface area contributed by atoms with Crippen LogP contribution in [0, 0.1) is 5.82 Å². The van der Waals surface area contributed by atoms with Gasteiger partial charge in [-0.2, -0.15) is 0 Å². The first-order chi connectivity index (χ1) is 13.9. The number of hydrogen-bond donors (Lipinski definition) is 2. The van der Waals surface area contributed by atoms with Gasteiger partial charge in [0.15, 0.2) is 5.13 Å². The van der Waals surface area contributed by atoms with Crippen LogP contribution in [0.4, 0.5) is 9.52 Å². The normalized spacial score (nSPS) is 12.8. The van der Waals surface area contributed by atoms with Gasteiger partial charge in [-0.25, -0.2) is 9.37 Å². The van der Waals surface area contributed by atoms with Crippen LogP contribution in [0.15, 0.2) is 60.0 Å². The number of carbonyl (C=O) groups is 2. The van der Waals surface area contributed by atoms with E-state index in [1.807, 2.05) is 6.07 Å². The van der Waals surface area contributed by atoms with Crippen LogP contribution in [0.3, 0.4) is 0 Å². The van der Waals surface area contributed by atoms with Gasteiger partial charge in [-0.05, 0) is 29.8 Å². The van der Waals surface area contributed by atoms with Gasteiger partial charge < -0.3 is 5.32 Å². The minimum Gasteiger partial charge on any atom is -0.340 e. The molecule has 0 radical (unpaired) electrons. The summed E-state index contributed by atoms with van der Waals surface area (Å²) in [5, 5.41) is 7.03. The number of aromatic nitrogens is 1. The Morgan fingerprint density at radius 2 is 1.79 bits per heavy atom. The van der Waals surface area contributed by atoms with Gasteiger partial charge in [-0.3, -0.25) is 19.1 Å². The fourth-order valence-electron chi connectivity index (χ4n) is 2.60. The lowest BCUT2D eigenvalue weighted by Crippen LogP contribution is -2.39. The van der Waals surface area contributed by atoms with E-state index in [9.17, 15) is 18.2 Å². The quantitative estimate of drug-likeness (QED) is 0.587. The summed E-state index contributed by atoms with van der Waals surface area (Å²) < 4.78 is 24.7. The van der Waals surface area contributed by atoms with E-state index in [1.165, 1.54) is 18.4 Å². The number of anilines is 1. The third-order valence-corrected chi connectivity index (χ3v) is 5.54. The molecule has 6 nitrogen and oxygen atoms in total. The fraction of sp³-hybridized carbons (Fsp3) is 0.150. The summed E-state index contributed by atoms with van der Waals surface area (Å²) in [5.41, 5.74) is 2.02. The fourth-order valence-corrected chi connectivity index (χ4v) is 4.06. The minimum atomic E-state index is -1.17. The highest BCUT2D eigenvalue weighted by Gasteiger charge is 2.22. The van der Waals surface area contributed by atoms with Gasteiger partial charge in [0.25, 0.3) is 0 Å². The second-order valence-corrected chi connectivity index (χ2v) is 8.51. The number of thiazole rings is 1. The molecule has 3 rings (SSSR count). The van der Waals surface area contributed by atoms with Crippen molar-refractivity contribution in [3.05, 3.63) is 71.4 Å². The number of benzene rings is 2. The predicted octanol–water partition coefficient (Wildman–Crippen LogP) is 3.12. The molecule has 9 heteroatoms. The monoisotopic (exact) mass is 431 g/mol. The Morgan fingerprint density at radius 3 is 2.45 bits per heavy atom. The van der Waals surface area contributed by atoms with E-state index in [0.717, 1.165) is 16.9 Å². The van der Waals surface area contributed by atoms with Crippen molar-refractivity contribution in [1.29, 1.82) is 0 Å². The molecule has 0 bridgehead atoms. The highest BCUT2D eigenvalue weighted by atomic mass is 32.2. The number of halogens is 1. The Balaban J connectivity index is 1.66. The van der Waals surface area contributed by atoms with E-state index in [-0.39, 0.29) is 16.7 Å². The molecular formula is C20H18FN3O3S2. The van der Waals surface area contributed by atoms with Gasteiger partial charge in [-0.15, -0.1) is 11.3 Å². The van der Waals surface area contributed by atoms with Gasteiger partial charge >= 0.3 is 11.8 Å². The summed E-state index contributed by atoms with van der Waals surface area (Å²) >= 11 is 1.15. The molecule has 0 fully saturated rings. The SMILES string of the molecule is C[S@@](=O)C[C@@H](NC(=O)C(=O)Nc1nc(-c2ccc(F)cc2)cs1)c1ccccc1. The number of nitrogens with one attached hydrogen (secondary N) is 2. The maximum Gasteiger partial charge on any atom is 0.315 e. The van der Waals surface area contributed by atoms with Crippen LogP contribution in [0.1, 0.15) is 11.6 Å². The van der Waals surface area contributed by atoms with Crippen molar-refractivity contribution in [1.82, 2.24) is 10.3 Å². The standard InChI is InChI=1S/C20H18FN3O3S2/c1-29(27)12-17(13-5-3-2-4-6-13)22-18(25)19(26)24-20-23-16(11-28-20)14-7-9-15(21)10-8-14/h2-11,17H,12H2,1H3,(H,22,25)(H,23,24,26)/t17-,29-/m1/s1. The Hall–Kier alpha value is -2.91. The third-order valence-electron chi connectivity index (χ3n) is 3.98. The van der Waals surface area contributed by atoms with Crippen molar-refractivity contribution in [2.75, 3.05) is 17.3 Å². The van der Waals surface area contributed by atoms with Crippen LogP contribution in [-0.4, -0.2) is 33.0 Å². The Labute approximate surface area is 173 Å². The molecule has 0 unspecified atom stereocenters. The van der Waals surface area contributed by atoms with Crippen molar-refractivity contribution >= 4 is 39.1 Å². The minimum absolute atomic E-state index is 0.189. The molecule has 0 saturated heterocycles. The molecular weight excluding hydrogens is 413 g/mol. The van der Waals surface area contributed by atoms with E-state index >= 15 is 0 Å². The number of hydrogen-bond acceptors (Lipinski definition) is 5. The summed E-state index contributed by atoms with van der Waals surface area (Å²) in [6.07, 6.45) is 1.54. The number of rotatable bonds is 6. The van der Waals surface area contributed by atoms with E-state index in [1.54, 1.807) is 41.8 Å². The zero-order valence-corrected chi connectivity index (χ0v) is 17.1. The van der Waals surface area contributed by atoms with Crippen LogP contribution in [-0.2, 0) is 20.4 Å². The van der Waals surface area contributed by atoms with Crippen LogP contribution in [0.25, 0.3) is 11.3 Å². The summed E-state index contributed by atoms with van der Waals surface area (Å²) in [6, 6.07) is 14.3. The van der Waals surface area contributed by atoms with E-state index in [0.29, 0.717) is 11.3 Å². The summed E-state index contributed by atoms with van der Waals surface area (Å²) in [5.74, 6) is -1.87. The van der Waals surface area contributed by atoms with Crippen molar-refractivity contribution in [3.8, 4) is 11.3 Å². The lowest BCUT2D eigenvalue weighted by Gasteiger charge is -2.17. The van der Waals surface area contributed by atoms with E-state index < -0.39 is 28.7 Å². The van der Waals surface area contributed by atoms with Crippen LogP contribution in [0.5, 0.6) is 0 Å². The number of nitrogens with zero attached hydrogens (tertiary/aromatic N) is 1. The smallest absolute Gasteiger partial charge is 0.315 e. The molecule has 0 spiro atoms. The second kappa shape index (κ2) is 9.53. The first kappa shape index (κ1) is 20.8. The molecule has 29 heavy (non-hydrogen) atoms. The van der Waals surface area contributed by atoms with Crippen molar-refractivity contribution in [2.45, 2.75) is 6.04 Å². The molecule has 1 aromatic heterocycles. The second-order valence-electron chi connectivity index (χ2n) is 6.18. The maximum atomic E-state index is 13.0. The lowest BCUT2D eigenvalue weighted by atomic mass is 10.1. The van der Waals surface area contributed by atoms with Crippen LogP contribution < -0.4 is 10.6 Å². The van der Waals surface area contributed by atoms with E-state index in [2.05, 4.69) is 15.6 Å². The van der Waals surface area contributed by atoms with Gasteiger partial charge in [0.05, 0.1) is 11.7 Å². The average Bonchev–Trinajstić information content (AvgIpc) is 3.16. The number of carbonyl (C=O) groups excluding carboxylic acids is 2. The highest BCUT2D eigenvalue weighted by molar-refractivity contribution is 7.84. The molecule has 2 N–H and O–H groups in total. The molecule has 2 amide bonds. The summed E-state index contributed by atoms with van der Waals surface area (Å²) in [7, 11) is -1.17. The molecule has 0 saturated carbocycles. The molecule has 2 atom stereocenters. The van der Waals surface area contributed by atoms with E-state index in [4.69, 9.17) is 0 Å². The van der Waals surface area contributed by atoms with Crippen molar-refractivity contribution in [2.24, 2.45) is 0 Å². The topological polar surface area (TPSA) is 88.2 Å². The predicted molar refractivity (Wildman–Crippen MR) is 112 cm³/mol. The Kier molecular flexibility index (Phi) is 6.84. The van der Waals surface area contributed by atoms with Crippen LogP contribution in [0.2, 0.25) is 0 Å². The zero-order valence-electron chi connectivity index (χ0n) is 15.4. The average molecular weight is 432 g/mol. The number of amides is 2. The molecule has 0 aliphatic heterocycles. The summed E-state index contributed by atoms with van der Waals surface area (Å²) in [4.78, 5) is 28.9. The lowest BCUT2D eigenvalue weighted by molar-refractivity contribution is -0.136. The van der Waals surface area contributed by atoms with Gasteiger partial charge in [0.2, 0.25) is 0 Å². The Bertz CT molecular complexity index is 1020. The molecule has 0 aliphatic rings. The zero-order chi connectivity index (χ0) is 20.8. The summed E-state index contributed by atoms with van der Waals surface area (Å²) in [6.45, 7) is 0.